The summed E-state index contributed by atoms with van der Waals surface area (Å²) in [5.41, 5.74) is 4.57. The summed E-state index contributed by atoms with van der Waals surface area (Å²) in [5, 5.41) is 7.17. The van der Waals surface area contributed by atoms with E-state index < -0.39 is 9.84 Å². The van der Waals surface area contributed by atoms with E-state index in [0.717, 1.165) is 40.0 Å². The second kappa shape index (κ2) is 9.49. The largest absolute Gasteiger partial charge is 0.444 e. The Kier molecular flexibility index (Phi) is 6.25. The SMILES string of the molecule is CS(=O)(=O)CCCNC(=O)C1CCc2[nH]c3ncnc(Nc4cccc(-c5cnco5)c4)c3c2C1. The third kappa shape index (κ3) is 5.19. The molecule has 0 fully saturated rings. The summed E-state index contributed by atoms with van der Waals surface area (Å²) in [5.74, 6) is 1.16. The van der Waals surface area contributed by atoms with Gasteiger partial charge in [0.15, 0.2) is 12.2 Å². The van der Waals surface area contributed by atoms with E-state index in [2.05, 4.69) is 30.6 Å². The highest BCUT2D eigenvalue weighted by Crippen LogP contribution is 2.35. The lowest BCUT2D eigenvalue weighted by Gasteiger charge is -2.22. The maximum absolute atomic E-state index is 12.8. The fourth-order valence-corrected chi connectivity index (χ4v) is 5.16. The number of fused-ring (bicyclic) bond motifs is 3. The monoisotopic (exact) mass is 494 g/mol. The van der Waals surface area contributed by atoms with Crippen molar-refractivity contribution in [3.8, 4) is 11.3 Å². The van der Waals surface area contributed by atoms with Crippen molar-refractivity contribution in [3.05, 3.63) is 54.4 Å². The third-order valence-corrected chi connectivity index (χ3v) is 7.21. The van der Waals surface area contributed by atoms with Gasteiger partial charge in [-0.3, -0.25) is 4.79 Å². The van der Waals surface area contributed by atoms with E-state index in [1.165, 1.54) is 19.0 Å². The normalized spacial score (nSPS) is 15.6. The maximum Gasteiger partial charge on any atom is 0.223 e. The van der Waals surface area contributed by atoms with Gasteiger partial charge in [-0.25, -0.2) is 23.4 Å². The lowest BCUT2D eigenvalue weighted by atomic mass is 9.86. The second-order valence-corrected chi connectivity index (χ2v) is 11.1. The zero-order valence-corrected chi connectivity index (χ0v) is 20.1. The number of nitrogens with one attached hydrogen (secondary N) is 3. The molecule has 3 N–H and O–H groups in total. The average molecular weight is 495 g/mol. The van der Waals surface area contributed by atoms with Crippen LogP contribution in [0.3, 0.4) is 0 Å². The second-order valence-electron chi connectivity index (χ2n) is 8.81. The number of carbonyl (C=O) groups excluding carboxylic acids is 1. The molecule has 0 bridgehead atoms. The average Bonchev–Trinajstić information content (AvgIpc) is 3.49. The molecule has 1 aromatic carbocycles. The number of aromatic amines is 1. The number of rotatable bonds is 8. The van der Waals surface area contributed by atoms with Crippen LogP contribution in [0.15, 0.2) is 47.6 Å². The minimum atomic E-state index is -3.03. The van der Waals surface area contributed by atoms with Crippen molar-refractivity contribution >= 4 is 38.3 Å². The van der Waals surface area contributed by atoms with Gasteiger partial charge in [-0.1, -0.05) is 12.1 Å². The Bertz CT molecular complexity index is 1460. The van der Waals surface area contributed by atoms with Gasteiger partial charge in [0.25, 0.3) is 0 Å². The number of nitrogens with zero attached hydrogens (tertiary/aromatic N) is 3. The number of aryl methyl sites for hydroxylation is 1. The number of oxazole rings is 1. The van der Waals surface area contributed by atoms with E-state index in [4.69, 9.17) is 4.42 Å². The molecule has 3 heterocycles. The first-order chi connectivity index (χ1) is 16.9. The smallest absolute Gasteiger partial charge is 0.223 e. The topological polar surface area (TPSA) is 143 Å². The molecule has 0 spiro atoms. The molecule has 1 amide bonds. The number of anilines is 2. The molecule has 0 saturated heterocycles. The first-order valence-corrected chi connectivity index (χ1v) is 13.5. The number of aromatic nitrogens is 4. The van der Waals surface area contributed by atoms with Crippen LogP contribution in [0.2, 0.25) is 0 Å². The predicted octanol–water partition coefficient (Wildman–Crippen LogP) is 3.01. The van der Waals surface area contributed by atoms with Gasteiger partial charge >= 0.3 is 0 Å². The van der Waals surface area contributed by atoms with Crippen LogP contribution in [0.4, 0.5) is 11.5 Å². The molecular weight excluding hydrogens is 468 g/mol. The van der Waals surface area contributed by atoms with Crippen LogP contribution in [0.5, 0.6) is 0 Å². The van der Waals surface area contributed by atoms with Crippen LogP contribution < -0.4 is 10.6 Å². The van der Waals surface area contributed by atoms with Crippen LogP contribution in [0, 0.1) is 5.92 Å². The van der Waals surface area contributed by atoms with Crippen LogP contribution in [-0.2, 0) is 27.5 Å². The summed E-state index contributed by atoms with van der Waals surface area (Å²) < 4.78 is 28.0. The van der Waals surface area contributed by atoms with E-state index in [9.17, 15) is 13.2 Å². The number of H-pyrrole nitrogens is 1. The standard InChI is InChI=1S/C24H26N6O4S/c1-35(32,33)9-3-8-26-24(31)16-6-7-19-18(11-16)21-22(27-13-28-23(21)30-19)29-17-5-2-4-15(10-17)20-12-25-14-34-20/h2,4-5,10,12-14,16H,3,6-9,11H2,1H3,(H,26,31)(H2,27,28,29,30). The molecule has 5 rings (SSSR count). The number of hydrogen-bond acceptors (Lipinski definition) is 8. The molecule has 1 aliphatic rings. The fourth-order valence-electron chi connectivity index (χ4n) is 4.50. The van der Waals surface area contributed by atoms with Gasteiger partial charge in [0.05, 0.1) is 17.3 Å². The Morgan fingerprint density at radius 3 is 2.97 bits per heavy atom. The Balaban J connectivity index is 1.35. The molecule has 3 aromatic heterocycles. The number of amides is 1. The molecule has 4 aromatic rings. The molecule has 0 radical (unpaired) electrons. The minimum Gasteiger partial charge on any atom is -0.444 e. The van der Waals surface area contributed by atoms with Crippen LogP contribution in [0.25, 0.3) is 22.4 Å². The Hall–Kier alpha value is -3.73. The molecule has 35 heavy (non-hydrogen) atoms. The summed E-state index contributed by atoms with van der Waals surface area (Å²) >= 11 is 0. The summed E-state index contributed by atoms with van der Waals surface area (Å²) in [6, 6.07) is 7.77. The number of sulfone groups is 1. The van der Waals surface area contributed by atoms with Crippen molar-refractivity contribution in [1.82, 2.24) is 25.3 Å². The third-order valence-electron chi connectivity index (χ3n) is 6.18. The molecule has 1 atom stereocenters. The molecule has 0 saturated carbocycles. The minimum absolute atomic E-state index is 0.0513. The molecule has 1 aliphatic carbocycles. The van der Waals surface area contributed by atoms with Crippen molar-refractivity contribution in [1.29, 1.82) is 0 Å². The van der Waals surface area contributed by atoms with Gasteiger partial charge in [-0.2, -0.15) is 0 Å². The van der Waals surface area contributed by atoms with Crippen molar-refractivity contribution in [2.24, 2.45) is 5.92 Å². The highest BCUT2D eigenvalue weighted by molar-refractivity contribution is 7.90. The summed E-state index contributed by atoms with van der Waals surface area (Å²) in [4.78, 5) is 29.1. The molecule has 0 aliphatic heterocycles. The van der Waals surface area contributed by atoms with E-state index in [0.29, 0.717) is 37.4 Å². The number of benzene rings is 1. The summed E-state index contributed by atoms with van der Waals surface area (Å²) in [6.45, 7) is 0.348. The zero-order valence-electron chi connectivity index (χ0n) is 19.2. The van der Waals surface area contributed by atoms with E-state index in [-0.39, 0.29) is 17.6 Å². The van der Waals surface area contributed by atoms with Gasteiger partial charge < -0.3 is 20.0 Å². The van der Waals surface area contributed by atoms with Crippen molar-refractivity contribution in [3.63, 3.8) is 0 Å². The molecule has 10 nitrogen and oxygen atoms in total. The molecular formula is C24H26N6O4S. The first-order valence-electron chi connectivity index (χ1n) is 11.4. The van der Waals surface area contributed by atoms with Crippen LogP contribution in [-0.4, -0.2) is 52.8 Å². The van der Waals surface area contributed by atoms with Crippen molar-refractivity contribution in [2.75, 3.05) is 23.9 Å². The predicted molar refractivity (Wildman–Crippen MR) is 132 cm³/mol. The van der Waals surface area contributed by atoms with E-state index >= 15 is 0 Å². The maximum atomic E-state index is 12.8. The highest BCUT2D eigenvalue weighted by Gasteiger charge is 2.29. The first kappa shape index (κ1) is 23.0. The quantitative estimate of drug-likeness (QED) is 0.317. The van der Waals surface area contributed by atoms with Gasteiger partial charge in [-0.15, -0.1) is 0 Å². The number of hydrogen-bond donors (Lipinski definition) is 3. The molecule has 1 unspecified atom stereocenters. The van der Waals surface area contributed by atoms with Gasteiger partial charge in [-0.05, 0) is 43.4 Å². The lowest BCUT2D eigenvalue weighted by Crippen LogP contribution is -2.35. The Labute approximate surface area is 202 Å². The van der Waals surface area contributed by atoms with E-state index in [1.54, 1.807) is 6.20 Å². The van der Waals surface area contributed by atoms with Crippen molar-refractivity contribution < 1.29 is 17.6 Å². The summed E-state index contributed by atoms with van der Waals surface area (Å²) in [6.07, 6.45) is 8.19. The Morgan fingerprint density at radius 2 is 2.17 bits per heavy atom. The Morgan fingerprint density at radius 1 is 1.29 bits per heavy atom. The van der Waals surface area contributed by atoms with Gasteiger partial charge in [0.2, 0.25) is 5.91 Å². The molecule has 182 valence electrons. The summed E-state index contributed by atoms with van der Waals surface area (Å²) in [7, 11) is -3.03. The van der Waals surface area contributed by atoms with E-state index in [1.807, 2.05) is 24.3 Å². The van der Waals surface area contributed by atoms with Crippen LogP contribution in [0.1, 0.15) is 24.1 Å². The molecule has 11 heteroatoms. The lowest BCUT2D eigenvalue weighted by molar-refractivity contribution is -0.125. The van der Waals surface area contributed by atoms with Crippen molar-refractivity contribution in [2.45, 2.75) is 25.7 Å². The van der Waals surface area contributed by atoms with Gasteiger partial charge in [0.1, 0.15) is 27.6 Å². The van der Waals surface area contributed by atoms with Crippen LogP contribution >= 0.6 is 0 Å². The highest BCUT2D eigenvalue weighted by atomic mass is 32.2. The number of carbonyl (C=O) groups is 1. The zero-order chi connectivity index (χ0) is 24.4. The van der Waals surface area contributed by atoms with Gasteiger partial charge in [0, 0.05) is 35.7 Å². The fraction of sp³-hybridized carbons (Fsp3) is 0.333.